The minimum atomic E-state index is -0.879. The molecular weight excluding hydrogens is 324 g/mol. The number of hydrogen-bond donors (Lipinski definition) is 4. The second-order valence-corrected chi connectivity index (χ2v) is 5.63. The van der Waals surface area contributed by atoms with Crippen molar-refractivity contribution < 1.29 is 30.0 Å². The highest BCUT2D eigenvalue weighted by Gasteiger charge is 2.09. The van der Waals surface area contributed by atoms with Crippen LogP contribution >= 0.6 is 0 Å². The number of benzene rings is 2. The topological polar surface area (TPSA) is 115 Å². The fourth-order valence-corrected chi connectivity index (χ4v) is 1.44. The Hall–Kier alpha value is -2.70. The molecule has 0 fully saturated rings. The van der Waals surface area contributed by atoms with Crippen LogP contribution in [0.3, 0.4) is 0 Å². The molecule has 0 bridgehead atoms. The maximum atomic E-state index is 10.2. The van der Waals surface area contributed by atoms with Gasteiger partial charge in [-0.1, -0.05) is 36.4 Å². The zero-order valence-corrected chi connectivity index (χ0v) is 14.3. The summed E-state index contributed by atoms with van der Waals surface area (Å²) in [7, 11) is 0. The van der Waals surface area contributed by atoms with Crippen molar-refractivity contribution in [2.75, 3.05) is 6.61 Å². The minimum absolute atomic E-state index is 0.0590. The van der Waals surface area contributed by atoms with Gasteiger partial charge in [0.2, 0.25) is 0 Å². The summed E-state index contributed by atoms with van der Waals surface area (Å²) in [5.41, 5.74) is -0.0376. The van der Waals surface area contributed by atoms with Crippen molar-refractivity contribution in [3.05, 3.63) is 71.8 Å². The van der Waals surface area contributed by atoms with Crippen LogP contribution in [-0.2, 0) is 0 Å². The van der Waals surface area contributed by atoms with Crippen LogP contribution in [-0.4, -0.2) is 44.6 Å². The molecule has 2 rings (SSSR count). The molecule has 0 aliphatic heterocycles. The Bertz CT molecular complexity index is 568. The van der Waals surface area contributed by atoms with Crippen LogP contribution in [0.15, 0.2) is 60.7 Å². The smallest absolute Gasteiger partial charge is 0.335 e. The minimum Gasteiger partial charge on any atom is -0.478 e. The normalized spacial score (nSPS) is 9.76. The lowest BCUT2D eigenvalue weighted by molar-refractivity contribution is 0.0514. The number of aromatic carboxylic acids is 2. The van der Waals surface area contributed by atoms with Crippen molar-refractivity contribution in [2.45, 2.75) is 25.9 Å². The van der Waals surface area contributed by atoms with Crippen LogP contribution in [0.25, 0.3) is 0 Å². The largest absolute Gasteiger partial charge is 0.478 e. The first kappa shape index (κ1) is 22.3. The molecule has 0 radical (unpaired) electrons. The molecule has 6 heteroatoms. The molecular formula is C19H24O6. The predicted octanol–water partition coefficient (Wildman–Crippen LogP) is 2.91. The van der Waals surface area contributed by atoms with Gasteiger partial charge >= 0.3 is 11.9 Å². The number of carboxylic acids is 2. The fourth-order valence-electron chi connectivity index (χ4n) is 1.44. The van der Waals surface area contributed by atoms with E-state index in [9.17, 15) is 9.59 Å². The van der Waals surface area contributed by atoms with E-state index in [1.807, 2.05) is 0 Å². The molecule has 4 N–H and O–H groups in total. The Labute approximate surface area is 147 Å². The van der Waals surface area contributed by atoms with E-state index in [-0.39, 0.29) is 6.61 Å². The number of hydrogen-bond acceptors (Lipinski definition) is 4. The van der Waals surface area contributed by atoms with E-state index in [4.69, 9.17) is 20.4 Å². The third kappa shape index (κ3) is 12.4. The van der Waals surface area contributed by atoms with Crippen LogP contribution in [0.4, 0.5) is 0 Å². The summed E-state index contributed by atoms with van der Waals surface area (Å²) >= 11 is 0. The second-order valence-electron chi connectivity index (χ2n) is 5.63. The lowest BCUT2D eigenvalue weighted by atomic mass is 10.1. The molecule has 0 unspecified atom stereocenters. The van der Waals surface area contributed by atoms with Crippen LogP contribution in [0, 0.1) is 0 Å². The van der Waals surface area contributed by atoms with E-state index in [1.54, 1.807) is 74.5 Å². The Morgan fingerprint density at radius 3 is 1.24 bits per heavy atom. The van der Waals surface area contributed by atoms with Gasteiger partial charge < -0.3 is 20.4 Å². The van der Waals surface area contributed by atoms with E-state index < -0.39 is 17.5 Å². The monoisotopic (exact) mass is 348 g/mol. The molecule has 0 saturated carbocycles. The fraction of sp³-hybridized carbons (Fsp3) is 0.263. The van der Waals surface area contributed by atoms with E-state index in [0.29, 0.717) is 17.5 Å². The number of carbonyl (C=O) groups is 2. The third-order valence-corrected chi connectivity index (χ3v) is 2.77. The molecule has 0 aromatic heterocycles. The van der Waals surface area contributed by atoms with E-state index in [0.717, 1.165) is 0 Å². The Morgan fingerprint density at radius 2 is 1.12 bits per heavy atom. The van der Waals surface area contributed by atoms with Gasteiger partial charge in [-0.15, -0.1) is 0 Å². The predicted molar refractivity (Wildman–Crippen MR) is 94.8 cm³/mol. The summed E-state index contributed by atoms with van der Waals surface area (Å²) in [6.45, 7) is 3.40. The lowest BCUT2D eigenvalue weighted by Gasteiger charge is -2.13. The molecule has 2 aromatic carbocycles. The molecule has 25 heavy (non-hydrogen) atoms. The first-order chi connectivity index (χ1) is 11.7. The van der Waals surface area contributed by atoms with Crippen molar-refractivity contribution in [1.29, 1.82) is 0 Å². The van der Waals surface area contributed by atoms with Crippen molar-refractivity contribution in [1.82, 2.24) is 0 Å². The van der Waals surface area contributed by atoms with Crippen LogP contribution in [0.5, 0.6) is 0 Å². The van der Waals surface area contributed by atoms with Gasteiger partial charge in [0, 0.05) is 6.61 Å². The summed E-state index contributed by atoms with van der Waals surface area (Å²) in [5.74, 6) is -1.76. The van der Waals surface area contributed by atoms with Crippen LogP contribution < -0.4 is 0 Å². The van der Waals surface area contributed by atoms with Gasteiger partial charge in [0.25, 0.3) is 0 Å². The molecule has 0 amide bonds. The molecule has 0 atom stereocenters. The maximum Gasteiger partial charge on any atom is 0.335 e. The number of aliphatic hydroxyl groups is 2. The van der Waals surface area contributed by atoms with Crippen molar-refractivity contribution in [3.8, 4) is 0 Å². The molecule has 0 saturated heterocycles. The highest BCUT2D eigenvalue weighted by molar-refractivity contribution is 5.87. The molecule has 0 spiro atoms. The van der Waals surface area contributed by atoms with Crippen LogP contribution in [0.2, 0.25) is 0 Å². The summed E-state index contributed by atoms with van der Waals surface area (Å²) < 4.78 is 0. The number of carboxylic acid groups (broad SMARTS) is 2. The Kier molecular flexibility index (Phi) is 10.5. The molecule has 6 nitrogen and oxygen atoms in total. The molecule has 2 aromatic rings. The zero-order chi connectivity index (χ0) is 19.3. The van der Waals surface area contributed by atoms with Crippen molar-refractivity contribution >= 4 is 11.9 Å². The zero-order valence-electron chi connectivity index (χ0n) is 14.3. The van der Waals surface area contributed by atoms with E-state index in [2.05, 4.69) is 0 Å². The van der Waals surface area contributed by atoms with Gasteiger partial charge in [0.05, 0.1) is 16.7 Å². The second kappa shape index (κ2) is 11.8. The molecule has 0 aliphatic carbocycles. The van der Waals surface area contributed by atoms with Crippen LogP contribution in [0.1, 0.15) is 41.0 Å². The maximum absolute atomic E-state index is 10.2. The Balaban J connectivity index is 0.000000350. The van der Waals surface area contributed by atoms with Crippen molar-refractivity contribution in [3.63, 3.8) is 0 Å². The van der Waals surface area contributed by atoms with Gasteiger partial charge in [0.1, 0.15) is 0 Å². The first-order valence-electron chi connectivity index (χ1n) is 7.57. The lowest BCUT2D eigenvalue weighted by Crippen LogP contribution is -2.19. The van der Waals surface area contributed by atoms with Gasteiger partial charge in [-0.3, -0.25) is 0 Å². The summed E-state index contributed by atoms with van der Waals surface area (Å²) in [5, 5.41) is 33.9. The van der Waals surface area contributed by atoms with Gasteiger partial charge in [-0.25, -0.2) is 9.59 Å². The average molecular weight is 348 g/mol. The van der Waals surface area contributed by atoms with Gasteiger partial charge in [0.15, 0.2) is 0 Å². The standard InChI is InChI=1S/2C7H6O2.C5H12O2/c2*8-7(9)6-4-2-1-3-5-6;1-5(2,7)3-4-6/h2*1-5H,(H,8,9);6-7H,3-4H2,1-2H3. The highest BCUT2D eigenvalue weighted by Crippen LogP contribution is 2.04. The summed E-state index contributed by atoms with van der Waals surface area (Å²) in [6.07, 6.45) is 0.451. The average Bonchev–Trinajstić information content (AvgIpc) is 2.56. The SMILES string of the molecule is CC(C)(O)CCO.O=C(O)c1ccccc1.O=C(O)c1ccccc1. The summed E-state index contributed by atoms with van der Waals surface area (Å²) in [4.78, 5) is 20.4. The summed E-state index contributed by atoms with van der Waals surface area (Å²) in [6, 6.07) is 16.6. The van der Waals surface area contributed by atoms with E-state index >= 15 is 0 Å². The quantitative estimate of drug-likeness (QED) is 0.675. The Morgan fingerprint density at radius 1 is 0.800 bits per heavy atom. The third-order valence-electron chi connectivity index (χ3n) is 2.77. The molecule has 136 valence electrons. The number of aliphatic hydroxyl groups excluding tert-OH is 1. The van der Waals surface area contributed by atoms with Gasteiger partial charge in [-0.05, 0) is 44.5 Å². The van der Waals surface area contributed by atoms with Gasteiger partial charge in [-0.2, -0.15) is 0 Å². The first-order valence-corrected chi connectivity index (χ1v) is 7.57. The molecule has 0 heterocycles. The van der Waals surface area contributed by atoms with Crippen molar-refractivity contribution in [2.24, 2.45) is 0 Å². The molecule has 0 aliphatic rings. The highest BCUT2D eigenvalue weighted by atomic mass is 16.4. The number of rotatable bonds is 4. The van der Waals surface area contributed by atoms with E-state index in [1.165, 1.54) is 0 Å².